The smallest absolute Gasteiger partial charge is 0.187 e. The van der Waals surface area contributed by atoms with E-state index >= 15 is 0 Å². The Hall–Kier alpha value is -1.28. The number of nitrogens with zero attached hydrogens (tertiary/aromatic N) is 4. The van der Waals surface area contributed by atoms with Crippen molar-refractivity contribution in [3.8, 4) is 0 Å². The molecule has 0 radical (unpaired) electrons. The maximum atomic E-state index is 12.3. The van der Waals surface area contributed by atoms with Gasteiger partial charge in [0.2, 0.25) is 0 Å². The molecule has 0 aromatic carbocycles. The van der Waals surface area contributed by atoms with Crippen LogP contribution in [-0.4, -0.2) is 28.2 Å². The number of rotatable bonds is 5. The largest absolute Gasteiger partial charge is 0.262 e. The maximum absolute atomic E-state index is 12.3. The summed E-state index contributed by atoms with van der Waals surface area (Å²) in [7, 11) is -3.46. The molecule has 0 saturated heterocycles. The molecule has 19 heavy (non-hydrogen) atoms. The minimum atomic E-state index is -3.46. The van der Waals surface area contributed by atoms with Gasteiger partial charge in [-0.2, -0.15) is 5.10 Å². The normalized spacial score (nSPS) is 11.7. The van der Waals surface area contributed by atoms with Crippen molar-refractivity contribution in [2.75, 3.05) is 0 Å². The molecule has 0 unspecified atom stereocenters. The van der Waals surface area contributed by atoms with E-state index in [-0.39, 0.29) is 10.6 Å². The summed E-state index contributed by atoms with van der Waals surface area (Å²) in [5.74, 6) is 0.271. The molecule has 2 aromatic rings. The van der Waals surface area contributed by atoms with Crippen LogP contribution >= 0.6 is 15.9 Å². The minimum absolute atomic E-state index is 0.174. The molecule has 2 rings (SSSR count). The second kappa shape index (κ2) is 5.79. The molecule has 0 aliphatic heterocycles. The Balaban J connectivity index is 2.29. The van der Waals surface area contributed by atoms with Gasteiger partial charge in [0.25, 0.3) is 0 Å². The lowest BCUT2D eigenvalue weighted by molar-refractivity contribution is 0.566. The summed E-state index contributed by atoms with van der Waals surface area (Å²) in [6, 6.07) is 1.53. The summed E-state index contributed by atoms with van der Waals surface area (Å²) < 4.78 is 26.8. The first-order valence-corrected chi connectivity index (χ1v) is 8.17. The van der Waals surface area contributed by atoms with E-state index < -0.39 is 9.84 Å². The Kier molecular flexibility index (Phi) is 4.31. The topological polar surface area (TPSA) is 77.7 Å². The van der Waals surface area contributed by atoms with Crippen molar-refractivity contribution in [2.24, 2.45) is 0 Å². The molecule has 0 aliphatic rings. The van der Waals surface area contributed by atoms with Crippen LogP contribution in [0.5, 0.6) is 0 Å². The summed E-state index contributed by atoms with van der Waals surface area (Å²) in [5, 5.41) is 4.02. The van der Waals surface area contributed by atoms with Crippen LogP contribution in [0.3, 0.4) is 0 Å². The summed E-state index contributed by atoms with van der Waals surface area (Å²) in [4.78, 5) is 8.05. The van der Waals surface area contributed by atoms with Crippen molar-refractivity contribution >= 4 is 25.8 Å². The van der Waals surface area contributed by atoms with Gasteiger partial charge < -0.3 is 0 Å². The zero-order valence-electron chi connectivity index (χ0n) is 10.3. The molecular weight excluding hydrogens is 332 g/mol. The molecule has 0 spiro atoms. The lowest BCUT2D eigenvalue weighted by Crippen LogP contribution is -2.12. The highest BCUT2D eigenvalue weighted by molar-refractivity contribution is 9.10. The van der Waals surface area contributed by atoms with E-state index in [1.165, 1.54) is 18.6 Å². The second-order valence-electron chi connectivity index (χ2n) is 4.00. The number of hydrogen-bond donors (Lipinski definition) is 0. The van der Waals surface area contributed by atoms with Crippen LogP contribution in [-0.2, 0) is 22.1 Å². The van der Waals surface area contributed by atoms with Gasteiger partial charge in [0.05, 0.1) is 4.90 Å². The first-order valence-electron chi connectivity index (χ1n) is 5.73. The predicted octanol–water partition coefficient (Wildman–Crippen LogP) is 1.82. The molecule has 6 nitrogen and oxygen atoms in total. The number of hydrogen-bond acceptors (Lipinski definition) is 5. The van der Waals surface area contributed by atoms with E-state index in [0.717, 1.165) is 6.42 Å². The maximum Gasteiger partial charge on any atom is 0.187 e. The van der Waals surface area contributed by atoms with Gasteiger partial charge in [-0.15, -0.1) is 0 Å². The molecule has 0 N–H and O–H groups in total. The summed E-state index contributed by atoms with van der Waals surface area (Å²) >= 11 is 3.21. The average molecular weight is 345 g/mol. The fourth-order valence-electron chi connectivity index (χ4n) is 1.61. The first kappa shape index (κ1) is 14.1. The lowest BCUT2D eigenvalue weighted by Gasteiger charge is -2.06. The summed E-state index contributed by atoms with van der Waals surface area (Å²) in [6.07, 6.45) is 5.12. The third-order valence-corrected chi connectivity index (χ3v) is 4.50. The highest BCUT2D eigenvalue weighted by Gasteiger charge is 2.19. The fourth-order valence-corrected chi connectivity index (χ4v) is 3.39. The van der Waals surface area contributed by atoms with Crippen molar-refractivity contribution in [1.29, 1.82) is 0 Å². The van der Waals surface area contributed by atoms with Gasteiger partial charge in [-0.3, -0.25) is 4.98 Å². The Morgan fingerprint density at radius 2 is 2.16 bits per heavy atom. The van der Waals surface area contributed by atoms with Crippen molar-refractivity contribution < 1.29 is 8.42 Å². The minimum Gasteiger partial charge on any atom is -0.262 e. The van der Waals surface area contributed by atoms with Crippen LogP contribution in [0.15, 0.2) is 34.2 Å². The fraction of sp³-hybridized carbons (Fsp3) is 0.364. The molecule has 8 heteroatoms. The summed E-state index contributed by atoms with van der Waals surface area (Å²) in [6.45, 7) is 2.65. The number of aromatic nitrogens is 4. The Morgan fingerprint density at radius 3 is 2.84 bits per heavy atom. The SMILES string of the molecule is CCCn1ncnc1CS(=O)(=O)c1cncc(Br)c1. The van der Waals surface area contributed by atoms with Crippen LogP contribution in [0.4, 0.5) is 0 Å². The number of aryl methyl sites for hydroxylation is 1. The number of sulfone groups is 1. The Bertz CT molecular complexity index is 669. The lowest BCUT2D eigenvalue weighted by atomic mass is 10.5. The highest BCUT2D eigenvalue weighted by atomic mass is 79.9. The van der Waals surface area contributed by atoms with E-state index in [0.29, 0.717) is 16.8 Å². The Morgan fingerprint density at radius 1 is 1.37 bits per heavy atom. The molecule has 102 valence electrons. The molecule has 0 amide bonds. The van der Waals surface area contributed by atoms with Crippen LogP contribution in [0, 0.1) is 0 Å². The Labute approximate surface area is 119 Å². The van der Waals surface area contributed by atoms with Gasteiger partial charge in [0.1, 0.15) is 17.9 Å². The standard InChI is InChI=1S/C11H13BrN4O2S/c1-2-3-16-11(14-8-15-16)7-19(17,18)10-4-9(12)5-13-6-10/h4-6,8H,2-3,7H2,1H3. The van der Waals surface area contributed by atoms with Gasteiger partial charge in [-0.25, -0.2) is 18.1 Å². The highest BCUT2D eigenvalue weighted by Crippen LogP contribution is 2.18. The van der Waals surface area contributed by atoms with E-state index in [1.54, 1.807) is 10.9 Å². The number of halogens is 1. The first-order chi connectivity index (χ1) is 9.03. The van der Waals surface area contributed by atoms with Crippen molar-refractivity contribution in [1.82, 2.24) is 19.7 Å². The van der Waals surface area contributed by atoms with E-state index in [2.05, 4.69) is 31.0 Å². The van der Waals surface area contributed by atoms with Gasteiger partial charge in [0, 0.05) is 23.4 Å². The van der Waals surface area contributed by atoms with Crippen molar-refractivity contribution in [3.05, 3.63) is 35.1 Å². The molecule has 0 fully saturated rings. The zero-order chi connectivity index (χ0) is 13.9. The van der Waals surface area contributed by atoms with Crippen molar-refractivity contribution in [3.63, 3.8) is 0 Å². The molecular formula is C11H13BrN4O2S. The summed E-state index contributed by atoms with van der Waals surface area (Å²) in [5.41, 5.74) is 0. The zero-order valence-corrected chi connectivity index (χ0v) is 12.7. The molecule has 0 aliphatic carbocycles. The quantitative estimate of drug-likeness (QED) is 0.826. The molecule has 2 aromatic heterocycles. The average Bonchev–Trinajstić information content (AvgIpc) is 2.76. The van der Waals surface area contributed by atoms with Gasteiger partial charge in [-0.1, -0.05) is 6.92 Å². The third kappa shape index (κ3) is 3.38. The monoisotopic (exact) mass is 344 g/mol. The van der Waals surface area contributed by atoms with Gasteiger partial charge in [-0.05, 0) is 28.4 Å². The molecule has 0 atom stereocenters. The molecule has 0 bridgehead atoms. The third-order valence-electron chi connectivity index (χ3n) is 2.49. The van der Waals surface area contributed by atoms with E-state index in [1.807, 2.05) is 6.92 Å². The van der Waals surface area contributed by atoms with Gasteiger partial charge >= 0.3 is 0 Å². The number of pyridine rings is 1. The van der Waals surface area contributed by atoms with Crippen LogP contribution < -0.4 is 0 Å². The molecule has 0 saturated carbocycles. The van der Waals surface area contributed by atoms with E-state index in [9.17, 15) is 8.42 Å². The van der Waals surface area contributed by atoms with Crippen LogP contribution in [0.25, 0.3) is 0 Å². The van der Waals surface area contributed by atoms with Crippen molar-refractivity contribution in [2.45, 2.75) is 30.5 Å². The molecule has 2 heterocycles. The van der Waals surface area contributed by atoms with Crippen LogP contribution in [0.1, 0.15) is 19.2 Å². The predicted molar refractivity (Wildman–Crippen MR) is 73.1 cm³/mol. The van der Waals surface area contributed by atoms with E-state index in [4.69, 9.17) is 0 Å². The second-order valence-corrected chi connectivity index (χ2v) is 6.90. The van der Waals surface area contributed by atoms with Gasteiger partial charge in [0.15, 0.2) is 9.84 Å². The van der Waals surface area contributed by atoms with Crippen LogP contribution in [0.2, 0.25) is 0 Å².